The molecular weight excluding hydrogens is 364 g/mol. The van der Waals surface area contributed by atoms with Gasteiger partial charge in [0.2, 0.25) is 0 Å². The number of rotatable bonds is 5. The van der Waals surface area contributed by atoms with Crippen LogP contribution in [0.25, 0.3) is 5.65 Å². The Labute approximate surface area is 171 Å². The normalized spacial score (nSPS) is 14.9. The van der Waals surface area contributed by atoms with E-state index in [0.29, 0.717) is 11.5 Å². The average molecular weight is 392 g/mol. The third-order valence-electron chi connectivity index (χ3n) is 6.07. The summed E-state index contributed by atoms with van der Waals surface area (Å²) in [6.45, 7) is 2.11. The molecule has 2 heterocycles. The molecule has 0 spiro atoms. The van der Waals surface area contributed by atoms with Crippen LogP contribution in [0.5, 0.6) is 5.75 Å². The van der Waals surface area contributed by atoms with Gasteiger partial charge in [-0.05, 0) is 55.2 Å². The third kappa shape index (κ3) is 3.86. The minimum absolute atomic E-state index is 0.327. The fourth-order valence-corrected chi connectivity index (χ4v) is 4.40. The van der Waals surface area contributed by atoms with Gasteiger partial charge >= 0.3 is 5.97 Å². The van der Waals surface area contributed by atoms with Crippen molar-refractivity contribution in [3.63, 3.8) is 0 Å². The van der Waals surface area contributed by atoms with Crippen LogP contribution in [0.1, 0.15) is 70.9 Å². The molecule has 0 atom stereocenters. The van der Waals surface area contributed by atoms with E-state index < -0.39 is 0 Å². The standard InChI is InChI=1S/C24H28N2O3/c1-16-13-20(28-2)11-9-18(16)14-21-23(17-7-5-4-6-8-17)25-22-12-10-19(15-26(21)22)24(27)29-3/h9-13,15,17H,4-8,14H2,1-3H3. The molecule has 152 valence electrons. The Kier molecular flexibility index (Phi) is 5.56. The number of aromatic nitrogens is 2. The summed E-state index contributed by atoms with van der Waals surface area (Å²) in [6.07, 6.45) is 8.83. The van der Waals surface area contributed by atoms with Crippen LogP contribution in [-0.2, 0) is 11.2 Å². The Morgan fingerprint density at radius 1 is 1.14 bits per heavy atom. The van der Waals surface area contributed by atoms with E-state index in [-0.39, 0.29) is 5.97 Å². The summed E-state index contributed by atoms with van der Waals surface area (Å²) in [6, 6.07) is 9.91. The molecule has 0 N–H and O–H groups in total. The van der Waals surface area contributed by atoms with Gasteiger partial charge < -0.3 is 13.9 Å². The molecule has 5 nitrogen and oxygen atoms in total. The predicted molar refractivity (Wildman–Crippen MR) is 113 cm³/mol. The van der Waals surface area contributed by atoms with Crippen molar-refractivity contribution >= 4 is 11.6 Å². The second-order valence-corrected chi connectivity index (χ2v) is 7.89. The number of carbonyl (C=O) groups is 1. The second-order valence-electron chi connectivity index (χ2n) is 7.89. The van der Waals surface area contributed by atoms with Gasteiger partial charge in [-0.25, -0.2) is 9.78 Å². The largest absolute Gasteiger partial charge is 0.497 e. The first-order valence-corrected chi connectivity index (χ1v) is 10.3. The van der Waals surface area contributed by atoms with Crippen LogP contribution in [0.2, 0.25) is 0 Å². The van der Waals surface area contributed by atoms with Gasteiger partial charge in [0.1, 0.15) is 11.4 Å². The summed E-state index contributed by atoms with van der Waals surface area (Å²) < 4.78 is 12.4. The molecule has 0 aliphatic heterocycles. The first-order chi connectivity index (χ1) is 14.1. The molecule has 2 aromatic heterocycles. The number of hydrogen-bond donors (Lipinski definition) is 0. The van der Waals surface area contributed by atoms with E-state index in [4.69, 9.17) is 14.5 Å². The third-order valence-corrected chi connectivity index (χ3v) is 6.07. The van der Waals surface area contributed by atoms with Crippen molar-refractivity contribution in [2.75, 3.05) is 14.2 Å². The number of pyridine rings is 1. The Hall–Kier alpha value is -2.82. The lowest BCUT2D eigenvalue weighted by Gasteiger charge is -2.21. The summed E-state index contributed by atoms with van der Waals surface area (Å²) in [5.74, 6) is 1.02. The molecule has 5 heteroatoms. The number of methoxy groups -OCH3 is 2. The van der Waals surface area contributed by atoms with E-state index in [1.165, 1.54) is 61.7 Å². The number of ether oxygens (including phenoxy) is 2. The molecule has 0 radical (unpaired) electrons. The molecule has 0 bridgehead atoms. The SMILES string of the molecule is COC(=O)c1ccc2nc(C3CCCCC3)c(Cc3ccc(OC)cc3C)n2c1. The molecule has 1 aliphatic carbocycles. The van der Waals surface area contributed by atoms with Crippen LogP contribution in [0.3, 0.4) is 0 Å². The van der Waals surface area contributed by atoms with Gasteiger partial charge in [0.05, 0.1) is 31.2 Å². The monoisotopic (exact) mass is 392 g/mol. The molecule has 1 fully saturated rings. The number of fused-ring (bicyclic) bond motifs is 1. The fraction of sp³-hybridized carbons (Fsp3) is 0.417. The van der Waals surface area contributed by atoms with Gasteiger partial charge in [0.25, 0.3) is 0 Å². The van der Waals surface area contributed by atoms with Crippen LogP contribution in [-0.4, -0.2) is 29.6 Å². The summed E-state index contributed by atoms with van der Waals surface area (Å²) in [5, 5.41) is 0. The maximum atomic E-state index is 12.1. The van der Waals surface area contributed by atoms with Gasteiger partial charge in [0.15, 0.2) is 0 Å². The smallest absolute Gasteiger partial charge is 0.339 e. The molecule has 4 rings (SSSR count). The summed E-state index contributed by atoms with van der Waals surface area (Å²) in [5.41, 5.74) is 6.22. The quantitative estimate of drug-likeness (QED) is 0.569. The highest BCUT2D eigenvalue weighted by molar-refractivity contribution is 5.89. The average Bonchev–Trinajstić information content (AvgIpc) is 3.12. The van der Waals surface area contributed by atoms with Gasteiger partial charge in [-0.2, -0.15) is 0 Å². The molecule has 1 saturated carbocycles. The highest BCUT2D eigenvalue weighted by Gasteiger charge is 2.24. The first-order valence-electron chi connectivity index (χ1n) is 10.3. The van der Waals surface area contributed by atoms with E-state index in [9.17, 15) is 4.79 Å². The predicted octanol–water partition coefficient (Wildman–Crippen LogP) is 5.08. The number of carbonyl (C=O) groups excluding carboxylic acids is 1. The highest BCUT2D eigenvalue weighted by atomic mass is 16.5. The van der Waals surface area contributed by atoms with E-state index in [0.717, 1.165) is 17.8 Å². The first kappa shape index (κ1) is 19.5. The zero-order valence-electron chi connectivity index (χ0n) is 17.4. The molecule has 1 aliphatic rings. The number of benzene rings is 1. The van der Waals surface area contributed by atoms with Gasteiger partial charge in [0, 0.05) is 18.5 Å². The Morgan fingerprint density at radius 2 is 1.93 bits per heavy atom. The molecule has 29 heavy (non-hydrogen) atoms. The van der Waals surface area contributed by atoms with Crippen molar-refractivity contribution in [2.45, 2.75) is 51.4 Å². The van der Waals surface area contributed by atoms with Crippen molar-refractivity contribution in [3.05, 3.63) is 64.6 Å². The Bertz CT molecular complexity index is 1030. The zero-order valence-corrected chi connectivity index (χ0v) is 17.4. The maximum absolute atomic E-state index is 12.1. The van der Waals surface area contributed by atoms with E-state index in [1.54, 1.807) is 13.2 Å². The Balaban J connectivity index is 1.82. The van der Waals surface area contributed by atoms with Gasteiger partial charge in [-0.1, -0.05) is 25.3 Å². The van der Waals surface area contributed by atoms with E-state index in [1.807, 2.05) is 18.3 Å². The summed E-state index contributed by atoms with van der Waals surface area (Å²) in [7, 11) is 3.10. The minimum Gasteiger partial charge on any atom is -0.497 e. The Morgan fingerprint density at radius 3 is 2.62 bits per heavy atom. The van der Waals surface area contributed by atoms with Crippen molar-refractivity contribution in [1.82, 2.24) is 9.38 Å². The molecule has 3 aromatic rings. The van der Waals surface area contributed by atoms with E-state index in [2.05, 4.69) is 23.5 Å². The maximum Gasteiger partial charge on any atom is 0.339 e. The highest BCUT2D eigenvalue weighted by Crippen LogP contribution is 2.35. The zero-order chi connectivity index (χ0) is 20.4. The van der Waals surface area contributed by atoms with Gasteiger partial charge in [-0.15, -0.1) is 0 Å². The van der Waals surface area contributed by atoms with Crippen molar-refractivity contribution < 1.29 is 14.3 Å². The minimum atomic E-state index is -0.327. The number of aryl methyl sites for hydroxylation is 1. The molecule has 0 amide bonds. The lowest BCUT2D eigenvalue weighted by atomic mass is 9.85. The van der Waals surface area contributed by atoms with Crippen LogP contribution >= 0.6 is 0 Å². The number of imidazole rings is 1. The molecular formula is C24H28N2O3. The lowest BCUT2D eigenvalue weighted by Crippen LogP contribution is -2.09. The van der Waals surface area contributed by atoms with E-state index >= 15 is 0 Å². The topological polar surface area (TPSA) is 52.8 Å². The number of nitrogens with zero attached hydrogens (tertiary/aromatic N) is 2. The van der Waals surface area contributed by atoms with Crippen LogP contribution in [0, 0.1) is 6.92 Å². The van der Waals surface area contributed by atoms with Crippen LogP contribution in [0.4, 0.5) is 0 Å². The molecule has 0 unspecified atom stereocenters. The summed E-state index contributed by atoms with van der Waals surface area (Å²) >= 11 is 0. The van der Waals surface area contributed by atoms with Crippen molar-refractivity contribution in [1.29, 1.82) is 0 Å². The lowest BCUT2D eigenvalue weighted by molar-refractivity contribution is 0.0600. The molecule has 0 saturated heterocycles. The van der Waals surface area contributed by atoms with Crippen LogP contribution < -0.4 is 4.74 Å². The van der Waals surface area contributed by atoms with Gasteiger partial charge in [-0.3, -0.25) is 0 Å². The van der Waals surface area contributed by atoms with Crippen molar-refractivity contribution in [2.24, 2.45) is 0 Å². The van der Waals surface area contributed by atoms with Crippen molar-refractivity contribution in [3.8, 4) is 5.75 Å². The number of hydrogen-bond acceptors (Lipinski definition) is 4. The fourth-order valence-electron chi connectivity index (χ4n) is 4.40. The summed E-state index contributed by atoms with van der Waals surface area (Å²) in [4.78, 5) is 17.1. The van der Waals surface area contributed by atoms with Crippen LogP contribution in [0.15, 0.2) is 36.5 Å². The number of esters is 1. The molecule has 1 aromatic carbocycles. The second kappa shape index (κ2) is 8.27.